The zero-order chi connectivity index (χ0) is 61.0. The third-order valence-electron chi connectivity index (χ3n) is 10.6. The van der Waals surface area contributed by atoms with Crippen molar-refractivity contribution < 1.29 is 82.1 Å². The van der Waals surface area contributed by atoms with Crippen LogP contribution in [0.2, 0.25) is 0 Å². The van der Waals surface area contributed by atoms with E-state index in [4.69, 9.17) is 52.0 Å². The Morgan fingerprint density at radius 3 is 1.14 bits per heavy atom. The van der Waals surface area contributed by atoms with Crippen molar-refractivity contribution in [2.24, 2.45) is 0 Å². The number of methoxy groups -OCH3 is 3. The van der Waals surface area contributed by atoms with Crippen LogP contribution in [-0.2, 0) is 35.1 Å². The highest BCUT2D eigenvalue weighted by Crippen LogP contribution is 2.43. The Morgan fingerprint density at radius 2 is 0.815 bits per heavy atom. The Balaban J connectivity index is 0.000000566. The van der Waals surface area contributed by atoms with Gasteiger partial charge in [0.15, 0.2) is 23.0 Å². The molecule has 0 aliphatic heterocycles. The fourth-order valence-corrected chi connectivity index (χ4v) is 9.59. The zero-order valence-electron chi connectivity index (χ0n) is 45.9. The molecule has 0 amide bonds. The summed E-state index contributed by atoms with van der Waals surface area (Å²) in [5.41, 5.74) is 3.60. The monoisotopic (exact) mass is 1190 g/mol. The minimum absolute atomic E-state index is 0. The number of aliphatic carboxylic acids is 1. The molecule has 0 fully saturated rings. The van der Waals surface area contributed by atoms with E-state index < -0.39 is 51.3 Å². The Morgan fingerprint density at radius 1 is 0.481 bits per heavy atom. The number of nitrogens with zero attached hydrogens (tertiary/aromatic N) is 3. The zero-order valence-corrected chi connectivity index (χ0v) is 48.4. The molecule has 27 heteroatoms. The first-order valence-corrected chi connectivity index (χ1v) is 27.8. The van der Waals surface area contributed by atoms with Gasteiger partial charge in [-0.2, -0.15) is 25.3 Å². The first kappa shape index (κ1) is 70.5. The van der Waals surface area contributed by atoms with Gasteiger partial charge >= 0.3 is 41.7 Å². The molecule has 442 valence electrons. The predicted octanol–water partition coefficient (Wildman–Crippen LogP) is 11.9. The number of benzene rings is 6. The van der Waals surface area contributed by atoms with Crippen molar-refractivity contribution in [1.82, 2.24) is 0 Å². The van der Waals surface area contributed by atoms with Gasteiger partial charge in [0.1, 0.15) is 26.2 Å². The highest BCUT2D eigenvalue weighted by Gasteiger charge is 2.30. The van der Waals surface area contributed by atoms with E-state index in [9.17, 15) is 45.5 Å². The highest BCUT2D eigenvalue weighted by molar-refractivity contribution is 7.87. The lowest BCUT2D eigenvalue weighted by Gasteiger charge is -2.15. The number of nitro groups is 2. The minimum atomic E-state index is -4.11. The van der Waals surface area contributed by atoms with Gasteiger partial charge in [-0.1, -0.05) is 102 Å². The molecular weight excluding hydrogens is 1120 g/mol. The smallest absolute Gasteiger partial charge is 0.339 e. The van der Waals surface area contributed by atoms with Gasteiger partial charge in [0.05, 0.1) is 42.8 Å². The van der Waals surface area contributed by atoms with Gasteiger partial charge in [-0.25, -0.2) is 0 Å². The number of nitro benzene ring substituents is 2. The van der Waals surface area contributed by atoms with E-state index in [0.717, 1.165) is 35.2 Å². The molecular formula is C54H67N3O21S3. The van der Waals surface area contributed by atoms with Crippen molar-refractivity contribution in [3.8, 4) is 34.5 Å². The van der Waals surface area contributed by atoms with Gasteiger partial charge in [0.2, 0.25) is 0 Å². The molecule has 0 radical (unpaired) electrons. The second kappa shape index (κ2) is 31.3. The van der Waals surface area contributed by atoms with Crippen LogP contribution in [0.1, 0.15) is 107 Å². The normalized spacial score (nSPS) is 10.8. The van der Waals surface area contributed by atoms with Gasteiger partial charge in [-0.3, -0.25) is 25.0 Å². The van der Waals surface area contributed by atoms with E-state index in [2.05, 4.69) is 0 Å². The molecule has 6 aromatic rings. The van der Waals surface area contributed by atoms with Gasteiger partial charge in [-0.15, -0.1) is 10.1 Å². The summed E-state index contributed by atoms with van der Waals surface area (Å²) in [4.78, 5) is 38.9. The number of carboxylic acids is 1. The highest BCUT2D eigenvalue weighted by atomic mass is 32.2. The van der Waals surface area contributed by atoms with Gasteiger partial charge in [0, 0.05) is 18.1 Å². The fraction of sp³-hybridized carbons (Fsp3) is 0.315. The van der Waals surface area contributed by atoms with Crippen molar-refractivity contribution in [3.63, 3.8) is 0 Å². The van der Waals surface area contributed by atoms with E-state index >= 15 is 0 Å². The van der Waals surface area contributed by atoms with Crippen LogP contribution in [0.15, 0.2) is 130 Å². The molecule has 0 aromatic heterocycles. The number of rotatable bonds is 17. The Hall–Kier alpha value is -8.56. The standard InChI is InChI=1S/2C17H19NO6S.C17H20O4S.C2H4O2.CH4.HNO3/c1-11(2)14-9-17(23-4)15(18(19)20)10-16(14)24-25(21,22)13-7-5-12(3)6-8-13;1-11(2)16-14(9-10-15(23-4)17(16)18(19)20)24-25(21,22)13-7-5-12(3)6-8-13;1-12(2)16-11-14(20-4)7-10-17(16)21-22(18,19)15-8-5-13(3)6-9-15;1-2(3)4;;2-1(3)4/h2*5-11H,1-4H3;5-12H,1-4H3;1H3,(H,3,4);1H4;(H,2,3,4). The molecule has 81 heavy (non-hydrogen) atoms. The maximum atomic E-state index is 12.5. The summed E-state index contributed by atoms with van der Waals surface area (Å²) in [6.07, 6.45) is 0. The molecule has 24 nitrogen and oxygen atoms in total. The lowest BCUT2D eigenvalue weighted by molar-refractivity contribution is -0.742. The molecule has 0 bridgehead atoms. The van der Waals surface area contributed by atoms with Crippen molar-refractivity contribution in [1.29, 1.82) is 0 Å². The van der Waals surface area contributed by atoms with Crippen LogP contribution in [0.3, 0.4) is 0 Å². The first-order chi connectivity index (χ1) is 37.1. The summed E-state index contributed by atoms with van der Waals surface area (Å²) in [7, 11) is -7.87. The third-order valence-corrected chi connectivity index (χ3v) is 14.4. The number of hydrogen-bond donors (Lipinski definition) is 2. The summed E-state index contributed by atoms with van der Waals surface area (Å²) < 4.78 is 106. The molecule has 0 saturated heterocycles. The topological polar surface area (TPSA) is 345 Å². The summed E-state index contributed by atoms with van der Waals surface area (Å²) in [5.74, 6) is -0.260. The van der Waals surface area contributed by atoms with Crippen LogP contribution in [0, 0.1) is 51.1 Å². The third kappa shape index (κ3) is 21.5. The average Bonchev–Trinajstić information content (AvgIpc) is 3.52. The van der Waals surface area contributed by atoms with Gasteiger partial charge in [0.25, 0.3) is 11.1 Å². The van der Waals surface area contributed by atoms with Crippen LogP contribution in [-0.4, -0.2) is 77.8 Å². The molecule has 0 saturated carbocycles. The lowest BCUT2D eigenvalue weighted by atomic mass is 9.99. The van der Waals surface area contributed by atoms with Crippen LogP contribution >= 0.6 is 0 Å². The lowest BCUT2D eigenvalue weighted by Crippen LogP contribution is -2.12. The van der Waals surface area contributed by atoms with E-state index in [-0.39, 0.29) is 79.8 Å². The molecule has 6 rings (SSSR count). The molecule has 0 atom stereocenters. The average molecular weight is 1190 g/mol. The molecule has 0 unspecified atom stereocenters. The molecule has 0 spiro atoms. The number of carboxylic acid groups (broad SMARTS) is 1. The summed E-state index contributed by atoms with van der Waals surface area (Å²) in [6, 6.07) is 29.2. The van der Waals surface area contributed by atoms with Crippen LogP contribution in [0.25, 0.3) is 0 Å². The second-order valence-corrected chi connectivity index (χ2v) is 22.4. The number of carbonyl (C=O) groups is 1. The molecule has 0 aliphatic carbocycles. The van der Waals surface area contributed by atoms with Gasteiger partial charge < -0.3 is 37.1 Å². The van der Waals surface area contributed by atoms with E-state index in [1.165, 1.54) is 56.7 Å². The number of aryl methyl sites for hydroxylation is 3. The van der Waals surface area contributed by atoms with Crippen molar-refractivity contribution >= 4 is 47.7 Å². The van der Waals surface area contributed by atoms with Crippen LogP contribution in [0.5, 0.6) is 34.5 Å². The quantitative estimate of drug-likeness (QED) is 0.0486. The first-order valence-electron chi connectivity index (χ1n) is 23.6. The number of hydrogen-bond acceptors (Lipinski definition) is 19. The SMILES string of the molecule is C.CC(=O)O.COc1cc(C(C)C)c(OS(=O)(=O)c2ccc(C)cc2)cc1[N+](=O)[O-].COc1ccc(OS(=O)(=O)c2ccc(C)cc2)c(C(C)C)c1.COc1ccc(OS(=O)(=O)c2ccc(C)cc2)c(C(C)C)c1[N+](=O)[O-].O=[N+]([O-])O. The Labute approximate surface area is 471 Å². The fourth-order valence-electron chi connectivity index (χ4n) is 6.74. The number of ether oxygens (including phenoxy) is 3. The van der Waals surface area contributed by atoms with Crippen LogP contribution < -0.4 is 26.8 Å². The Kier molecular flexibility index (Phi) is 27.2. The van der Waals surface area contributed by atoms with Crippen LogP contribution in [0.4, 0.5) is 11.4 Å². The van der Waals surface area contributed by atoms with E-state index in [1.54, 1.807) is 87.7 Å². The van der Waals surface area contributed by atoms with Crippen molar-refractivity contribution in [2.75, 3.05) is 21.3 Å². The summed E-state index contributed by atoms with van der Waals surface area (Å²) in [5, 5.41) is 43.7. The maximum Gasteiger partial charge on any atom is 0.339 e. The summed E-state index contributed by atoms with van der Waals surface area (Å²) in [6.45, 7) is 17.7. The van der Waals surface area contributed by atoms with Crippen molar-refractivity contribution in [2.45, 2.75) is 109 Å². The van der Waals surface area contributed by atoms with Gasteiger partial charge in [-0.05, 0) is 111 Å². The van der Waals surface area contributed by atoms with E-state index in [1.807, 2.05) is 48.5 Å². The maximum absolute atomic E-state index is 12.5. The second-order valence-electron chi connectivity index (χ2n) is 17.8. The van der Waals surface area contributed by atoms with Crippen molar-refractivity contribution in [3.05, 3.63) is 179 Å². The predicted molar refractivity (Wildman–Crippen MR) is 300 cm³/mol. The summed E-state index contributed by atoms with van der Waals surface area (Å²) >= 11 is 0. The largest absolute Gasteiger partial charge is 0.497 e. The van der Waals surface area contributed by atoms with E-state index in [0.29, 0.717) is 17.1 Å². The molecule has 0 aliphatic rings. The molecule has 6 aromatic carbocycles. The minimum Gasteiger partial charge on any atom is -0.497 e. The molecule has 2 N–H and O–H groups in total. The molecule has 0 heterocycles. The Bertz CT molecular complexity index is 3350.